The SMILES string of the molecule is CCOC(=O)c1c(NC(=O)Nc2c(C)cccc2[N+](=O)[O-])cc(Cl)n1-c1ccc(-c2cccc(OC)c2O)cc1. The highest BCUT2D eigenvalue weighted by atomic mass is 35.5. The van der Waals surface area contributed by atoms with Gasteiger partial charge in [-0.15, -0.1) is 0 Å². The van der Waals surface area contributed by atoms with Crippen molar-refractivity contribution < 1.29 is 29.1 Å². The molecule has 0 aliphatic heterocycles. The highest BCUT2D eigenvalue weighted by molar-refractivity contribution is 6.31. The van der Waals surface area contributed by atoms with Crippen molar-refractivity contribution in [1.29, 1.82) is 0 Å². The number of anilines is 2. The molecule has 0 aliphatic carbocycles. The number of halogens is 1. The highest BCUT2D eigenvalue weighted by Crippen LogP contribution is 2.38. The van der Waals surface area contributed by atoms with Gasteiger partial charge in [0, 0.05) is 23.4 Å². The van der Waals surface area contributed by atoms with Crippen LogP contribution in [0.15, 0.2) is 66.7 Å². The van der Waals surface area contributed by atoms with Crippen LogP contribution in [-0.4, -0.2) is 40.3 Å². The number of carbonyl (C=O) groups excluding carboxylic acids is 2. The maximum absolute atomic E-state index is 13.0. The molecule has 0 aliphatic rings. The van der Waals surface area contributed by atoms with Crippen LogP contribution >= 0.6 is 11.6 Å². The molecule has 0 unspecified atom stereocenters. The summed E-state index contributed by atoms with van der Waals surface area (Å²) in [6.07, 6.45) is 0. The molecule has 0 spiro atoms. The van der Waals surface area contributed by atoms with Crippen LogP contribution in [0.3, 0.4) is 0 Å². The van der Waals surface area contributed by atoms with Gasteiger partial charge >= 0.3 is 12.0 Å². The van der Waals surface area contributed by atoms with Gasteiger partial charge in [-0.05, 0) is 43.2 Å². The molecule has 1 heterocycles. The second kappa shape index (κ2) is 11.8. The van der Waals surface area contributed by atoms with E-state index >= 15 is 0 Å². The van der Waals surface area contributed by atoms with E-state index in [0.717, 1.165) is 0 Å². The van der Waals surface area contributed by atoms with Gasteiger partial charge < -0.3 is 25.2 Å². The van der Waals surface area contributed by atoms with Crippen molar-refractivity contribution in [1.82, 2.24) is 4.57 Å². The summed E-state index contributed by atoms with van der Waals surface area (Å²) in [5, 5.41) is 27.1. The fourth-order valence-corrected chi connectivity index (χ4v) is 4.46. The summed E-state index contributed by atoms with van der Waals surface area (Å²) in [4.78, 5) is 36.7. The molecule has 3 N–H and O–H groups in total. The number of rotatable bonds is 8. The average Bonchev–Trinajstić information content (AvgIpc) is 3.25. The van der Waals surface area contributed by atoms with E-state index in [4.69, 9.17) is 21.1 Å². The van der Waals surface area contributed by atoms with E-state index in [1.807, 2.05) is 0 Å². The lowest BCUT2D eigenvalue weighted by Gasteiger charge is -2.14. The lowest BCUT2D eigenvalue weighted by atomic mass is 10.0. The maximum atomic E-state index is 13.0. The third-order valence-corrected chi connectivity index (χ3v) is 6.29. The second-order valence-electron chi connectivity index (χ2n) is 8.49. The highest BCUT2D eigenvalue weighted by Gasteiger charge is 2.26. The number of aromatic nitrogens is 1. The van der Waals surface area contributed by atoms with E-state index < -0.39 is 16.9 Å². The van der Waals surface area contributed by atoms with Gasteiger partial charge in [-0.1, -0.05) is 48.0 Å². The maximum Gasteiger partial charge on any atom is 0.357 e. The van der Waals surface area contributed by atoms with E-state index in [-0.39, 0.29) is 40.3 Å². The number of nitrogens with zero attached hydrogens (tertiary/aromatic N) is 2. The Balaban J connectivity index is 1.70. The van der Waals surface area contributed by atoms with E-state index in [0.29, 0.717) is 28.1 Å². The molecule has 11 nitrogen and oxygen atoms in total. The number of nitrogens with one attached hydrogen (secondary N) is 2. The number of nitro benzene ring substituents is 1. The number of aromatic hydroxyl groups is 1. The normalized spacial score (nSPS) is 10.6. The first-order valence-corrected chi connectivity index (χ1v) is 12.4. The number of hydrogen-bond acceptors (Lipinski definition) is 7. The summed E-state index contributed by atoms with van der Waals surface area (Å²) in [6.45, 7) is 3.32. The minimum absolute atomic E-state index is 0.0181. The average molecular weight is 565 g/mol. The number of para-hydroxylation sites is 2. The molecule has 206 valence electrons. The van der Waals surface area contributed by atoms with Gasteiger partial charge in [-0.3, -0.25) is 14.7 Å². The lowest BCUT2D eigenvalue weighted by molar-refractivity contribution is -0.383. The summed E-state index contributed by atoms with van der Waals surface area (Å²) >= 11 is 6.52. The predicted octanol–water partition coefficient (Wildman–Crippen LogP) is 6.55. The van der Waals surface area contributed by atoms with Gasteiger partial charge in [0.1, 0.15) is 10.8 Å². The number of aryl methyl sites for hydroxylation is 1. The van der Waals surface area contributed by atoms with Crippen LogP contribution < -0.4 is 15.4 Å². The number of urea groups is 1. The van der Waals surface area contributed by atoms with Crippen molar-refractivity contribution in [2.45, 2.75) is 13.8 Å². The van der Waals surface area contributed by atoms with Gasteiger partial charge in [-0.2, -0.15) is 0 Å². The van der Waals surface area contributed by atoms with E-state index in [1.165, 1.54) is 29.9 Å². The fourth-order valence-electron chi connectivity index (χ4n) is 4.17. The summed E-state index contributed by atoms with van der Waals surface area (Å²) in [5.41, 5.74) is 1.89. The largest absolute Gasteiger partial charge is 0.504 e. The summed E-state index contributed by atoms with van der Waals surface area (Å²) in [6, 6.07) is 16.9. The number of hydrogen-bond donors (Lipinski definition) is 3. The third kappa shape index (κ3) is 5.54. The number of nitro groups is 1. The molecule has 3 aromatic carbocycles. The summed E-state index contributed by atoms with van der Waals surface area (Å²) in [5.74, 6) is -0.443. The van der Waals surface area contributed by atoms with Crippen LogP contribution in [-0.2, 0) is 4.74 Å². The second-order valence-corrected chi connectivity index (χ2v) is 8.88. The number of benzene rings is 3. The van der Waals surface area contributed by atoms with Crippen LogP contribution in [0.4, 0.5) is 21.9 Å². The topological polar surface area (TPSA) is 145 Å². The molecule has 4 rings (SSSR count). The number of ether oxygens (including phenoxy) is 2. The zero-order valence-corrected chi connectivity index (χ0v) is 22.5. The third-order valence-electron chi connectivity index (χ3n) is 6.01. The van der Waals surface area contributed by atoms with E-state index in [9.17, 15) is 24.8 Å². The van der Waals surface area contributed by atoms with Crippen molar-refractivity contribution in [3.63, 3.8) is 0 Å². The smallest absolute Gasteiger partial charge is 0.357 e. The predicted molar refractivity (Wildman–Crippen MR) is 151 cm³/mol. The quantitative estimate of drug-likeness (QED) is 0.125. The molecule has 1 aromatic heterocycles. The van der Waals surface area contributed by atoms with Gasteiger partial charge in [0.15, 0.2) is 17.2 Å². The van der Waals surface area contributed by atoms with E-state index in [2.05, 4.69) is 10.6 Å². The molecule has 0 atom stereocenters. The van der Waals surface area contributed by atoms with Gasteiger partial charge in [0.2, 0.25) is 0 Å². The number of methoxy groups -OCH3 is 1. The number of phenols is 1. The Morgan fingerprint density at radius 3 is 2.42 bits per heavy atom. The van der Waals surface area contributed by atoms with Crippen LogP contribution in [0.5, 0.6) is 11.5 Å². The van der Waals surface area contributed by atoms with Crippen molar-refractivity contribution in [3.8, 4) is 28.3 Å². The van der Waals surface area contributed by atoms with Crippen LogP contribution in [0.2, 0.25) is 5.15 Å². The standard InChI is InChI=1S/C28H25ClN4O7/c1-4-40-27(35)25-20(30-28(36)31-24-16(2)7-5-9-21(24)33(37)38)15-23(29)32(25)18-13-11-17(12-14-18)19-8-6-10-22(39-3)26(19)34/h5-15,34H,4H2,1-3H3,(H2,30,31,36). The molecule has 0 saturated carbocycles. The Kier molecular flexibility index (Phi) is 8.25. The molecule has 0 radical (unpaired) electrons. The Bertz CT molecular complexity index is 1600. The summed E-state index contributed by atoms with van der Waals surface area (Å²) in [7, 11) is 1.46. The number of esters is 1. The number of amides is 2. The molecular weight excluding hydrogens is 540 g/mol. The minimum Gasteiger partial charge on any atom is -0.504 e. The Hall–Kier alpha value is -5.03. The van der Waals surface area contributed by atoms with Crippen LogP contribution in [0.25, 0.3) is 16.8 Å². The van der Waals surface area contributed by atoms with Crippen molar-refractivity contribution in [3.05, 3.63) is 93.3 Å². The Morgan fingerprint density at radius 2 is 1.77 bits per heavy atom. The Labute approximate surface area is 234 Å². The van der Waals surface area contributed by atoms with Crippen molar-refractivity contribution in [2.24, 2.45) is 0 Å². The molecule has 4 aromatic rings. The number of phenolic OH excluding ortho intramolecular Hbond substituents is 1. The Morgan fingerprint density at radius 1 is 1.07 bits per heavy atom. The van der Waals surface area contributed by atoms with Crippen LogP contribution in [0.1, 0.15) is 23.0 Å². The van der Waals surface area contributed by atoms with Gasteiger partial charge in [0.05, 0.1) is 24.3 Å². The summed E-state index contributed by atoms with van der Waals surface area (Å²) < 4.78 is 11.8. The zero-order chi connectivity index (χ0) is 29.0. The monoisotopic (exact) mass is 564 g/mol. The minimum atomic E-state index is -0.819. The molecule has 0 saturated heterocycles. The first kappa shape index (κ1) is 28.0. The first-order valence-electron chi connectivity index (χ1n) is 12.0. The van der Waals surface area contributed by atoms with Crippen LogP contribution in [0, 0.1) is 17.0 Å². The van der Waals surface area contributed by atoms with E-state index in [1.54, 1.807) is 62.4 Å². The first-order chi connectivity index (χ1) is 19.2. The molecular formula is C28H25ClN4O7. The zero-order valence-electron chi connectivity index (χ0n) is 21.7. The lowest BCUT2D eigenvalue weighted by Crippen LogP contribution is -2.22. The van der Waals surface area contributed by atoms with Gasteiger partial charge in [0.25, 0.3) is 5.69 Å². The molecule has 2 amide bonds. The molecule has 0 bridgehead atoms. The molecule has 40 heavy (non-hydrogen) atoms. The van der Waals surface area contributed by atoms with Crippen molar-refractivity contribution >= 4 is 40.7 Å². The van der Waals surface area contributed by atoms with Gasteiger partial charge in [-0.25, -0.2) is 9.59 Å². The van der Waals surface area contributed by atoms with Crippen molar-refractivity contribution in [2.75, 3.05) is 24.4 Å². The fraction of sp³-hybridized carbons (Fsp3) is 0.143. The number of carbonyl (C=O) groups is 2. The molecule has 0 fully saturated rings. The molecule has 12 heteroatoms.